The van der Waals surface area contributed by atoms with Gasteiger partial charge in [0.1, 0.15) is 11.8 Å². The molecule has 0 radical (unpaired) electrons. The van der Waals surface area contributed by atoms with Gasteiger partial charge in [0.2, 0.25) is 5.91 Å². The van der Waals surface area contributed by atoms with Crippen LogP contribution >= 0.6 is 11.6 Å². The fourth-order valence-electron chi connectivity index (χ4n) is 2.81. The smallest absolute Gasteiger partial charge is 0.326 e. The van der Waals surface area contributed by atoms with Crippen molar-refractivity contribution in [2.75, 3.05) is 6.54 Å². The van der Waals surface area contributed by atoms with Crippen LogP contribution in [0.2, 0.25) is 5.02 Å². The second-order valence-electron chi connectivity index (χ2n) is 5.75. The molecule has 1 N–H and O–H groups in total. The molecule has 1 fully saturated rings. The van der Waals surface area contributed by atoms with Crippen molar-refractivity contribution in [1.29, 1.82) is 0 Å². The largest absolute Gasteiger partial charge is 0.480 e. The third-order valence-electron chi connectivity index (χ3n) is 4.06. The van der Waals surface area contributed by atoms with E-state index in [-0.39, 0.29) is 24.5 Å². The highest BCUT2D eigenvalue weighted by Crippen LogP contribution is 2.19. The molecule has 1 heterocycles. The van der Waals surface area contributed by atoms with Crippen LogP contribution in [0.3, 0.4) is 0 Å². The zero-order valence-electron chi connectivity index (χ0n) is 12.8. The highest BCUT2D eigenvalue weighted by molar-refractivity contribution is 6.30. The van der Waals surface area contributed by atoms with Crippen molar-refractivity contribution in [3.8, 4) is 0 Å². The predicted molar refractivity (Wildman–Crippen MR) is 86.4 cm³/mol. The van der Waals surface area contributed by atoms with Gasteiger partial charge in [-0.3, -0.25) is 9.59 Å². The molecule has 1 aromatic rings. The lowest BCUT2D eigenvalue weighted by molar-refractivity contribution is -0.148. The van der Waals surface area contributed by atoms with E-state index in [0.717, 1.165) is 5.56 Å². The zero-order valence-corrected chi connectivity index (χ0v) is 13.6. The Bertz CT molecular complexity index is 602. The van der Waals surface area contributed by atoms with Crippen LogP contribution < -0.4 is 0 Å². The van der Waals surface area contributed by atoms with Gasteiger partial charge in [0, 0.05) is 30.8 Å². The highest BCUT2D eigenvalue weighted by Gasteiger charge is 2.33. The Labute approximate surface area is 140 Å². The van der Waals surface area contributed by atoms with Gasteiger partial charge in [0.25, 0.3) is 0 Å². The van der Waals surface area contributed by atoms with Crippen LogP contribution in [0.5, 0.6) is 0 Å². The summed E-state index contributed by atoms with van der Waals surface area (Å²) in [5.41, 5.74) is 0.989. The summed E-state index contributed by atoms with van der Waals surface area (Å²) in [6.45, 7) is 0.465. The Hall–Kier alpha value is -1.88. The van der Waals surface area contributed by atoms with Crippen molar-refractivity contribution in [3.63, 3.8) is 0 Å². The minimum atomic E-state index is -0.969. The highest BCUT2D eigenvalue weighted by atomic mass is 35.5. The van der Waals surface area contributed by atoms with Crippen molar-refractivity contribution in [2.24, 2.45) is 0 Å². The minimum absolute atomic E-state index is 0.00407. The lowest BCUT2D eigenvalue weighted by Gasteiger charge is -2.21. The van der Waals surface area contributed by atoms with Gasteiger partial charge >= 0.3 is 5.97 Å². The molecular weight excluding hydrogens is 318 g/mol. The first kappa shape index (κ1) is 17.5. The van der Waals surface area contributed by atoms with Gasteiger partial charge in [0.05, 0.1) is 0 Å². The van der Waals surface area contributed by atoms with Crippen LogP contribution in [0, 0.1) is 0 Å². The number of aryl methyl sites for hydroxylation is 1. The molecule has 0 saturated carbocycles. The van der Waals surface area contributed by atoms with Crippen LogP contribution in [0.1, 0.15) is 37.7 Å². The molecule has 1 saturated heterocycles. The number of aliphatic carboxylic acids is 1. The molecule has 124 valence electrons. The van der Waals surface area contributed by atoms with Gasteiger partial charge in [-0.05, 0) is 37.0 Å². The minimum Gasteiger partial charge on any atom is -0.480 e. The SMILES string of the molecule is O=C(CCC(=O)N1CCC[C@H]1C(=O)O)CCc1cccc(Cl)c1. The molecule has 1 aliphatic rings. The predicted octanol–water partition coefficient (Wildman–Crippen LogP) is 2.70. The molecule has 1 aliphatic heterocycles. The molecule has 23 heavy (non-hydrogen) atoms. The summed E-state index contributed by atoms with van der Waals surface area (Å²) >= 11 is 5.89. The number of halogens is 1. The van der Waals surface area contributed by atoms with Crippen LogP contribution in [0.25, 0.3) is 0 Å². The topological polar surface area (TPSA) is 74.7 Å². The second-order valence-corrected chi connectivity index (χ2v) is 6.19. The van der Waals surface area contributed by atoms with E-state index in [2.05, 4.69) is 0 Å². The first-order valence-electron chi connectivity index (χ1n) is 7.76. The van der Waals surface area contributed by atoms with Gasteiger partial charge in [-0.1, -0.05) is 23.7 Å². The first-order chi connectivity index (χ1) is 11.0. The van der Waals surface area contributed by atoms with Gasteiger partial charge in [-0.2, -0.15) is 0 Å². The number of nitrogens with zero attached hydrogens (tertiary/aromatic N) is 1. The van der Waals surface area contributed by atoms with E-state index >= 15 is 0 Å². The zero-order chi connectivity index (χ0) is 16.8. The number of carbonyl (C=O) groups is 3. The summed E-state index contributed by atoms with van der Waals surface area (Å²) in [6, 6.07) is 6.61. The number of carboxylic acid groups (broad SMARTS) is 1. The summed E-state index contributed by atoms with van der Waals surface area (Å²) < 4.78 is 0. The number of benzene rings is 1. The molecular formula is C17H20ClNO4. The molecule has 0 bridgehead atoms. The molecule has 0 spiro atoms. The fourth-order valence-corrected chi connectivity index (χ4v) is 3.03. The Morgan fingerprint density at radius 1 is 1.22 bits per heavy atom. The Kier molecular flexibility index (Phi) is 6.16. The van der Waals surface area contributed by atoms with Crippen LogP contribution in [0.15, 0.2) is 24.3 Å². The lowest BCUT2D eigenvalue weighted by atomic mass is 10.0. The van der Waals surface area contributed by atoms with E-state index in [1.54, 1.807) is 6.07 Å². The first-order valence-corrected chi connectivity index (χ1v) is 8.13. The quantitative estimate of drug-likeness (QED) is 0.830. The number of rotatable bonds is 7. The number of likely N-dealkylation sites (tertiary alicyclic amines) is 1. The second kappa shape index (κ2) is 8.11. The monoisotopic (exact) mass is 337 g/mol. The van der Waals surface area contributed by atoms with Crippen molar-refractivity contribution in [1.82, 2.24) is 4.90 Å². The molecule has 6 heteroatoms. The van der Waals surface area contributed by atoms with Gasteiger partial charge in [-0.25, -0.2) is 4.79 Å². The number of hydrogen-bond acceptors (Lipinski definition) is 3. The molecule has 1 atom stereocenters. The van der Waals surface area contributed by atoms with Crippen molar-refractivity contribution < 1.29 is 19.5 Å². The lowest BCUT2D eigenvalue weighted by Crippen LogP contribution is -2.40. The van der Waals surface area contributed by atoms with Crippen molar-refractivity contribution in [2.45, 2.75) is 44.6 Å². The van der Waals surface area contributed by atoms with E-state index in [9.17, 15) is 14.4 Å². The van der Waals surface area contributed by atoms with Crippen molar-refractivity contribution >= 4 is 29.3 Å². The van der Waals surface area contributed by atoms with Gasteiger partial charge < -0.3 is 10.0 Å². The van der Waals surface area contributed by atoms with Gasteiger partial charge in [-0.15, -0.1) is 0 Å². The molecule has 1 amide bonds. The maximum Gasteiger partial charge on any atom is 0.326 e. The van der Waals surface area contributed by atoms with Crippen molar-refractivity contribution in [3.05, 3.63) is 34.9 Å². The fraction of sp³-hybridized carbons (Fsp3) is 0.471. The number of amides is 1. The van der Waals surface area contributed by atoms with Crippen LogP contribution in [-0.2, 0) is 20.8 Å². The third kappa shape index (κ3) is 5.06. The maximum atomic E-state index is 12.1. The number of carbonyl (C=O) groups excluding carboxylic acids is 2. The van der Waals surface area contributed by atoms with E-state index in [4.69, 9.17) is 16.7 Å². The number of Topliss-reactive ketones (excluding diaryl/α,β-unsaturated/α-hetero) is 1. The Morgan fingerprint density at radius 2 is 2.00 bits per heavy atom. The molecule has 0 aromatic heterocycles. The average molecular weight is 338 g/mol. The van der Waals surface area contributed by atoms with E-state index in [1.165, 1.54) is 4.90 Å². The molecule has 0 unspecified atom stereocenters. The standard InChI is InChI=1S/C17H20ClNO4/c18-13-4-1-3-12(11-13)6-7-14(20)8-9-16(21)19-10-2-5-15(19)17(22)23/h1,3-4,11,15H,2,5-10H2,(H,22,23)/t15-/m0/s1. The molecule has 2 rings (SSSR count). The van der Waals surface area contributed by atoms with Crippen LogP contribution in [-0.4, -0.2) is 40.3 Å². The van der Waals surface area contributed by atoms with E-state index in [1.807, 2.05) is 18.2 Å². The number of hydrogen-bond donors (Lipinski definition) is 1. The molecule has 5 nitrogen and oxygen atoms in total. The summed E-state index contributed by atoms with van der Waals surface area (Å²) in [5.74, 6) is -1.21. The summed E-state index contributed by atoms with van der Waals surface area (Å²) in [4.78, 5) is 36.4. The Balaban J connectivity index is 1.75. The van der Waals surface area contributed by atoms with E-state index < -0.39 is 12.0 Å². The number of carboxylic acids is 1. The van der Waals surface area contributed by atoms with Crippen LogP contribution in [0.4, 0.5) is 0 Å². The summed E-state index contributed by atoms with van der Waals surface area (Å²) in [6.07, 6.45) is 2.38. The van der Waals surface area contributed by atoms with Gasteiger partial charge in [0.15, 0.2) is 0 Å². The molecule has 0 aliphatic carbocycles. The maximum absolute atomic E-state index is 12.1. The Morgan fingerprint density at radius 3 is 2.70 bits per heavy atom. The third-order valence-corrected chi connectivity index (χ3v) is 4.29. The van der Waals surface area contributed by atoms with E-state index in [0.29, 0.717) is 37.3 Å². The average Bonchev–Trinajstić information content (AvgIpc) is 3.00. The summed E-state index contributed by atoms with van der Waals surface area (Å²) in [7, 11) is 0. The summed E-state index contributed by atoms with van der Waals surface area (Å²) in [5, 5.41) is 9.71. The molecule has 1 aromatic carbocycles. The normalized spacial score (nSPS) is 17.3. The number of ketones is 1.